The summed E-state index contributed by atoms with van der Waals surface area (Å²) in [5.74, 6) is 0.865. The molecule has 0 unspecified atom stereocenters. The van der Waals surface area contributed by atoms with E-state index in [0.717, 1.165) is 45.4 Å². The maximum absolute atomic E-state index is 11.7. The Balaban J connectivity index is 1.94. The van der Waals surface area contributed by atoms with E-state index in [1.807, 2.05) is 26.8 Å². The van der Waals surface area contributed by atoms with Crippen molar-refractivity contribution in [2.45, 2.75) is 27.3 Å². The summed E-state index contributed by atoms with van der Waals surface area (Å²) in [6.07, 6.45) is 0. The predicted molar refractivity (Wildman–Crippen MR) is 98.0 cm³/mol. The Morgan fingerprint density at radius 1 is 1.08 bits per heavy atom. The van der Waals surface area contributed by atoms with Crippen molar-refractivity contribution in [3.63, 3.8) is 0 Å². The van der Waals surface area contributed by atoms with Crippen molar-refractivity contribution in [1.29, 1.82) is 0 Å². The van der Waals surface area contributed by atoms with Crippen LogP contribution in [0, 0.1) is 20.8 Å². The summed E-state index contributed by atoms with van der Waals surface area (Å²) >= 11 is 0. The van der Waals surface area contributed by atoms with Crippen molar-refractivity contribution in [1.82, 2.24) is 5.32 Å². The second-order valence-electron chi connectivity index (χ2n) is 6.22. The van der Waals surface area contributed by atoms with Crippen molar-refractivity contribution in [2.24, 2.45) is 5.73 Å². The molecule has 0 bridgehead atoms. The monoisotopic (exact) mass is 344 g/mol. The highest BCUT2D eigenvalue weighted by Gasteiger charge is 2.17. The van der Waals surface area contributed by atoms with Crippen LogP contribution in [0.15, 0.2) is 25.8 Å². The standard InChI is InChI=1S/C19H24N2O4/c1-11-8-17(22)25-18-12(2)19-15(9-14(11)18)16(13(3)24-19)10-21-5-7-23-6-4-20/h8-9,21H,4-7,10,20H2,1-3H3. The molecular formula is C19H24N2O4. The van der Waals surface area contributed by atoms with Crippen LogP contribution in [0.3, 0.4) is 0 Å². The van der Waals surface area contributed by atoms with Gasteiger partial charge in [0.15, 0.2) is 0 Å². The Morgan fingerprint density at radius 3 is 2.60 bits per heavy atom. The smallest absolute Gasteiger partial charge is 0.336 e. The number of fused-ring (bicyclic) bond motifs is 2. The largest absolute Gasteiger partial charge is 0.461 e. The maximum atomic E-state index is 11.7. The van der Waals surface area contributed by atoms with Gasteiger partial charge >= 0.3 is 5.63 Å². The molecule has 25 heavy (non-hydrogen) atoms. The molecule has 0 aliphatic rings. The van der Waals surface area contributed by atoms with Gasteiger partial charge in [-0.05, 0) is 32.4 Å². The minimum Gasteiger partial charge on any atom is -0.461 e. The van der Waals surface area contributed by atoms with Crippen molar-refractivity contribution in [3.8, 4) is 0 Å². The van der Waals surface area contributed by atoms with Gasteiger partial charge in [0, 0.05) is 47.6 Å². The Kier molecular flexibility index (Phi) is 5.22. The highest BCUT2D eigenvalue weighted by atomic mass is 16.5. The van der Waals surface area contributed by atoms with Gasteiger partial charge in [-0.2, -0.15) is 0 Å². The van der Waals surface area contributed by atoms with Crippen LogP contribution < -0.4 is 16.7 Å². The second kappa shape index (κ2) is 7.39. The molecule has 2 aromatic heterocycles. The van der Waals surface area contributed by atoms with Crippen molar-refractivity contribution < 1.29 is 13.6 Å². The van der Waals surface area contributed by atoms with E-state index in [1.54, 1.807) is 0 Å². The fourth-order valence-corrected chi connectivity index (χ4v) is 3.11. The van der Waals surface area contributed by atoms with Crippen molar-refractivity contribution in [3.05, 3.63) is 45.0 Å². The first-order chi connectivity index (χ1) is 12.0. The molecule has 0 radical (unpaired) electrons. The Bertz CT molecular complexity index is 956. The number of hydrogen-bond donors (Lipinski definition) is 2. The number of rotatable bonds is 7. The quantitative estimate of drug-likeness (QED) is 0.506. The van der Waals surface area contributed by atoms with Gasteiger partial charge in [0.1, 0.15) is 16.9 Å². The third-order valence-electron chi connectivity index (χ3n) is 4.41. The summed E-state index contributed by atoms with van der Waals surface area (Å²) in [5, 5.41) is 5.36. The number of aryl methyl sites for hydroxylation is 3. The number of hydrogen-bond acceptors (Lipinski definition) is 6. The molecule has 0 aliphatic heterocycles. The van der Waals surface area contributed by atoms with Crippen LogP contribution >= 0.6 is 0 Å². The van der Waals surface area contributed by atoms with Crippen LogP contribution in [0.25, 0.3) is 21.9 Å². The minimum absolute atomic E-state index is 0.338. The summed E-state index contributed by atoms with van der Waals surface area (Å²) in [6, 6.07) is 3.57. The number of furan rings is 1. The van der Waals surface area contributed by atoms with E-state index >= 15 is 0 Å². The summed E-state index contributed by atoms with van der Waals surface area (Å²) in [5.41, 5.74) is 9.31. The van der Waals surface area contributed by atoms with Crippen LogP contribution in [0.5, 0.6) is 0 Å². The van der Waals surface area contributed by atoms with E-state index in [1.165, 1.54) is 6.07 Å². The topological polar surface area (TPSA) is 90.6 Å². The van der Waals surface area contributed by atoms with Crippen LogP contribution in [0.1, 0.15) is 22.5 Å². The van der Waals surface area contributed by atoms with Gasteiger partial charge in [-0.25, -0.2) is 4.79 Å². The van der Waals surface area contributed by atoms with Gasteiger partial charge in [-0.15, -0.1) is 0 Å². The number of nitrogens with two attached hydrogens (primary N) is 1. The Hall–Kier alpha value is -2.15. The van der Waals surface area contributed by atoms with Crippen molar-refractivity contribution in [2.75, 3.05) is 26.3 Å². The number of nitrogens with one attached hydrogen (secondary N) is 1. The molecule has 0 aliphatic carbocycles. The molecule has 0 atom stereocenters. The maximum Gasteiger partial charge on any atom is 0.336 e. The third-order valence-corrected chi connectivity index (χ3v) is 4.41. The van der Waals surface area contributed by atoms with E-state index in [4.69, 9.17) is 19.3 Å². The van der Waals surface area contributed by atoms with Crippen molar-refractivity contribution >= 4 is 21.9 Å². The highest BCUT2D eigenvalue weighted by molar-refractivity contribution is 5.99. The average Bonchev–Trinajstić information content (AvgIpc) is 2.88. The molecule has 1 aromatic carbocycles. The number of benzene rings is 1. The zero-order chi connectivity index (χ0) is 18.0. The van der Waals surface area contributed by atoms with Crippen LogP contribution in [-0.2, 0) is 11.3 Å². The molecule has 0 saturated heterocycles. The lowest BCUT2D eigenvalue weighted by molar-refractivity contribution is 0.143. The van der Waals surface area contributed by atoms with Gasteiger partial charge in [0.25, 0.3) is 0 Å². The number of ether oxygens (including phenoxy) is 1. The molecular weight excluding hydrogens is 320 g/mol. The minimum atomic E-state index is -0.338. The second-order valence-corrected chi connectivity index (χ2v) is 6.22. The zero-order valence-electron chi connectivity index (χ0n) is 14.9. The predicted octanol–water partition coefficient (Wildman–Crippen LogP) is 2.53. The van der Waals surface area contributed by atoms with Gasteiger partial charge in [0.2, 0.25) is 0 Å². The fourth-order valence-electron chi connectivity index (χ4n) is 3.11. The third kappa shape index (κ3) is 3.46. The van der Waals surface area contributed by atoms with Crippen LogP contribution in [0.2, 0.25) is 0 Å². The Morgan fingerprint density at radius 2 is 1.84 bits per heavy atom. The van der Waals surface area contributed by atoms with E-state index < -0.39 is 0 Å². The SMILES string of the molecule is Cc1oc2c(C)c3oc(=O)cc(C)c3cc2c1CNCCOCCN. The zero-order valence-corrected chi connectivity index (χ0v) is 14.9. The molecule has 3 rings (SSSR count). The summed E-state index contributed by atoms with van der Waals surface area (Å²) in [6.45, 7) is 8.96. The first-order valence-corrected chi connectivity index (χ1v) is 8.47. The normalized spacial score (nSPS) is 11.7. The van der Waals surface area contributed by atoms with Gasteiger partial charge in [-0.3, -0.25) is 0 Å². The lowest BCUT2D eigenvalue weighted by Crippen LogP contribution is -2.21. The molecule has 3 aromatic rings. The van der Waals surface area contributed by atoms with E-state index in [2.05, 4.69) is 5.32 Å². The fraction of sp³-hybridized carbons (Fsp3) is 0.421. The van der Waals surface area contributed by atoms with Crippen LogP contribution in [-0.4, -0.2) is 26.3 Å². The van der Waals surface area contributed by atoms with Gasteiger partial charge in [0.05, 0.1) is 13.2 Å². The molecule has 3 N–H and O–H groups in total. The van der Waals surface area contributed by atoms with E-state index in [-0.39, 0.29) is 5.63 Å². The molecule has 0 saturated carbocycles. The molecule has 0 spiro atoms. The molecule has 6 heteroatoms. The summed E-state index contributed by atoms with van der Waals surface area (Å²) < 4.78 is 16.7. The summed E-state index contributed by atoms with van der Waals surface area (Å²) in [4.78, 5) is 11.7. The lowest BCUT2D eigenvalue weighted by atomic mass is 10.0. The van der Waals surface area contributed by atoms with E-state index in [0.29, 0.717) is 31.9 Å². The Labute approximate surface area is 145 Å². The molecule has 2 heterocycles. The van der Waals surface area contributed by atoms with Crippen LogP contribution in [0.4, 0.5) is 0 Å². The van der Waals surface area contributed by atoms with Gasteiger partial charge in [-0.1, -0.05) is 0 Å². The molecule has 134 valence electrons. The lowest BCUT2D eigenvalue weighted by Gasteiger charge is -2.07. The molecule has 0 fully saturated rings. The summed E-state index contributed by atoms with van der Waals surface area (Å²) in [7, 11) is 0. The first kappa shape index (κ1) is 17.7. The van der Waals surface area contributed by atoms with Gasteiger partial charge < -0.3 is 24.6 Å². The average molecular weight is 344 g/mol. The highest BCUT2D eigenvalue weighted by Crippen LogP contribution is 2.34. The van der Waals surface area contributed by atoms with E-state index in [9.17, 15) is 4.79 Å². The molecule has 6 nitrogen and oxygen atoms in total. The molecule has 0 amide bonds. The first-order valence-electron chi connectivity index (χ1n) is 8.47.